The van der Waals surface area contributed by atoms with Gasteiger partial charge in [-0.25, -0.2) is 13.2 Å². The highest BCUT2D eigenvalue weighted by molar-refractivity contribution is 7.89. The van der Waals surface area contributed by atoms with E-state index in [-0.39, 0.29) is 23.3 Å². The highest BCUT2D eigenvalue weighted by atomic mass is 32.2. The average molecular weight is 517 g/mol. The highest BCUT2D eigenvalue weighted by Crippen LogP contribution is 2.32. The van der Waals surface area contributed by atoms with Gasteiger partial charge in [0, 0.05) is 18.8 Å². The molecule has 1 fully saturated rings. The maximum Gasteiger partial charge on any atom is 0.338 e. The highest BCUT2D eigenvalue weighted by Gasteiger charge is 2.35. The number of carbonyl (C=O) groups excluding carboxylic acids is 2. The van der Waals surface area contributed by atoms with Crippen LogP contribution in [0.1, 0.15) is 68.3 Å². The SMILES string of the molecule is CCCCOC(=O)c1ccc(NC(=O)[C@H]2CCCN(S(=O)(=O)c3cc(C(C)C)ccc3OC)C2)cc1. The number of nitrogens with one attached hydrogen (secondary N) is 1. The summed E-state index contributed by atoms with van der Waals surface area (Å²) in [6.07, 6.45) is 2.91. The van der Waals surface area contributed by atoms with Crippen molar-refractivity contribution >= 4 is 27.6 Å². The zero-order valence-corrected chi connectivity index (χ0v) is 22.3. The van der Waals surface area contributed by atoms with Gasteiger partial charge in [-0.15, -0.1) is 0 Å². The predicted octanol–water partition coefficient (Wildman–Crippen LogP) is 4.81. The number of rotatable bonds is 10. The van der Waals surface area contributed by atoms with Gasteiger partial charge < -0.3 is 14.8 Å². The van der Waals surface area contributed by atoms with E-state index in [4.69, 9.17) is 9.47 Å². The number of esters is 1. The number of benzene rings is 2. The standard InChI is InChI=1S/C27H36N2O6S/c1-5-6-16-35-27(31)20-9-12-23(13-10-20)28-26(30)22-8-7-15-29(18-22)36(32,33)25-17-21(19(2)3)11-14-24(25)34-4/h9-14,17,19,22H,5-8,15-16,18H2,1-4H3,(H,28,30)/t22-/m0/s1. The summed E-state index contributed by atoms with van der Waals surface area (Å²) in [5.74, 6) is -0.692. The summed E-state index contributed by atoms with van der Waals surface area (Å²) in [5, 5.41) is 2.85. The third kappa shape index (κ3) is 6.64. The molecule has 0 aliphatic carbocycles. The fourth-order valence-electron chi connectivity index (χ4n) is 4.09. The Morgan fingerprint density at radius 3 is 2.50 bits per heavy atom. The minimum Gasteiger partial charge on any atom is -0.495 e. The molecule has 196 valence electrons. The van der Waals surface area contributed by atoms with Crippen molar-refractivity contribution in [1.29, 1.82) is 0 Å². The first-order valence-electron chi connectivity index (χ1n) is 12.4. The number of unbranched alkanes of at least 4 members (excludes halogenated alkanes) is 1. The Balaban J connectivity index is 1.69. The molecule has 1 aliphatic heterocycles. The molecule has 1 aliphatic rings. The van der Waals surface area contributed by atoms with E-state index in [1.165, 1.54) is 11.4 Å². The van der Waals surface area contributed by atoms with Crippen LogP contribution in [0.3, 0.4) is 0 Å². The van der Waals surface area contributed by atoms with Gasteiger partial charge >= 0.3 is 5.97 Å². The summed E-state index contributed by atoms with van der Waals surface area (Å²) in [7, 11) is -2.40. The van der Waals surface area contributed by atoms with E-state index >= 15 is 0 Å². The second-order valence-corrected chi connectivity index (χ2v) is 11.2. The van der Waals surface area contributed by atoms with E-state index in [0.29, 0.717) is 43.0 Å². The summed E-state index contributed by atoms with van der Waals surface area (Å²) in [6.45, 7) is 6.83. The third-order valence-electron chi connectivity index (χ3n) is 6.35. The van der Waals surface area contributed by atoms with Gasteiger partial charge in [-0.05, 0) is 67.1 Å². The third-order valence-corrected chi connectivity index (χ3v) is 8.23. The number of hydrogen-bond acceptors (Lipinski definition) is 6. The molecule has 0 radical (unpaired) electrons. The van der Waals surface area contributed by atoms with Gasteiger partial charge in [-0.3, -0.25) is 4.79 Å². The van der Waals surface area contributed by atoms with Crippen molar-refractivity contribution in [1.82, 2.24) is 4.31 Å². The first kappa shape index (κ1) is 27.7. The fraction of sp³-hybridized carbons (Fsp3) is 0.481. The number of anilines is 1. The van der Waals surface area contributed by atoms with E-state index in [1.807, 2.05) is 26.8 Å². The van der Waals surface area contributed by atoms with Gasteiger partial charge in [0.2, 0.25) is 15.9 Å². The van der Waals surface area contributed by atoms with E-state index < -0.39 is 21.9 Å². The molecule has 0 aromatic heterocycles. The lowest BCUT2D eigenvalue weighted by atomic mass is 9.98. The second-order valence-electron chi connectivity index (χ2n) is 9.32. The lowest BCUT2D eigenvalue weighted by Crippen LogP contribution is -2.43. The number of ether oxygens (including phenoxy) is 2. The number of carbonyl (C=O) groups is 2. The zero-order valence-electron chi connectivity index (χ0n) is 21.5. The second kappa shape index (κ2) is 12.4. The van der Waals surface area contributed by atoms with Crippen molar-refractivity contribution in [2.45, 2.75) is 57.3 Å². The molecule has 1 atom stereocenters. The fourth-order valence-corrected chi connectivity index (χ4v) is 5.81. The first-order chi connectivity index (χ1) is 17.2. The maximum atomic E-state index is 13.5. The largest absolute Gasteiger partial charge is 0.495 e. The van der Waals surface area contributed by atoms with Crippen LogP contribution in [-0.2, 0) is 19.6 Å². The molecule has 36 heavy (non-hydrogen) atoms. The Labute approximate surface area is 214 Å². The number of piperidine rings is 1. The molecule has 9 heteroatoms. The topological polar surface area (TPSA) is 102 Å². The van der Waals surface area contributed by atoms with Crippen molar-refractivity contribution in [2.75, 3.05) is 32.1 Å². The predicted molar refractivity (Wildman–Crippen MR) is 139 cm³/mol. The van der Waals surface area contributed by atoms with Crippen LogP contribution in [-0.4, -0.2) is 51.4 Å². The number of sulfonamides is 1. The van der Waals surface area contributed by atoms with Gasteiger partial charge in [0.25, 0.3) is 0 Å². The van der Waals surface area contributed by atoms with E-state index in [2.05, 4.69) is 5.32 Å². The van der Waals surface area contributed by atoms with E-state index in [0.717, 1.165) is 18.4 Å². The Morgan fingerprint density at radius 1 is 1.14 bits per heavy atom. The summed E-state index contributed by atoms with van der Waals surface area (Å²) in [6, 6.07) is 11.7. The van der Waals surface area contributed by atoms with Gasteiger partial charge in [0.05, 0.1) is 25.2 Å². The summed E-state index contributed by atoms with van der Waals surface area (Å²) < 4.78 is 39.0. The molecule has 1 saturated heterocycles. The Kier molecular flexibility index (Phi) is 9.50. The summed E-state index contributed by atoms with van der Waals surface area (Å²) in [5.41, 5.74) is 1.85. The molecule has 1 N–H and O–H groups in total. The molecule has 1 heterocycles. The van der Waals surface area contributed by atoms with Gasteiger partial charge in [0.15, 0.2) is 0 Å². The maximum absolute atomic E-state index is 13.5. The van der Waals surface area contributed by atoms with E-state index in [9.17, 15) is 18.0 Å². The molecule has 2 aromatic rings. The van der Waals surface area contributed by atoms with Gasteiger partial charge in [-0.1, -0.05) is 33.3 Å². The molecular formula is C27H36N2O6S. The normalized spacial score (nSPS) is 16.5. The van der Waals surface area contributed by atoms with Crippen molar-refractivity contribution in [3.8, 4) is 5.75 Å². The molecule has 0 spiro atoms. The Morgan fingerprint density at radius 2 is 1.86 bits per heavy atom. The minimum atomic E-state index is -3.85. The molecule has 8 nitrogen and oxygen atoms in total. The van der Waals surface area contributed by atoms with Crippen LogP contribution < -0.4 is 10.1 Å². The van der Waals surface area contributed by atoms with Crippen molar-refractivity contribution in [3.05, 3.63) is 53.6 Å². The van der Waals surface area contributed by atoms with Crippen LogP contribution in [0.5, 0.6) is 5.75 Å². The molecule has 2 aromatic carbocycles. The van der Waals surface area contributed by atoms with Crippen LogP contribution >= 0.6 is 0 Å². The molecule has 1 amide bonds. The Bertz CT molecular complexity index is 1160. The van der Waals surface area contributed by atoms with Gasteiger partial charge in [-0.2, -0.15) is 4.31 Å². The van der Waals surface area contributed by atoms with Crippen LogP contribution in [0.4, 0.5) is 5.69 Å². The summed E-state index contributed by atoms with van der Waals surface area (Å²) in [4.78, 5) is 25.2. The van der Waals surface area contributed by atoms with Crippen LogP contribution in [0.25, 0.3) is 0 Å². The summed E-state index contributed by atoms with van der Waals surface area (Å²) >= 11 is 0. The van der Waals surface area contributed by atoms with Crippen molar-refractivity contribution in [2.24, 2.45) is 5.92 Å². The van der Waals surface area contributed by atoms with E-state index in [1.54, 1.807) is 36.4 Å². The minimum absolute atomic E-state index is 0.0884. The number of nitrogens with zero attached hydrogens (tertiary/aromatic N) is 1. The first-order valence-corrected chi connectivity index (χ1v) is 13.9. The molecular weight excluding hydrogens is 480 g/mol. The number of hydrogen-bond donors (Lipinski definition) is 1. The van der Waals surface area contributed by atoms with Gasteiger partial charge in [0.1, 0.15) is 10.6 Å². The molecule has 0 unspecified atom stereocenters. The van der Waals surface area contributed by atoms with Crippen LogP contribution in [0.15, 0.2) is 47.4 Å². The quantitative estimate of drug-likeness (QED) is 0.359. The molecule has 0 bridgehead atoms. The smallest absolute Gasteiger partial charge is 0.338 e. The van der Waals surface area contributed by atoms with Crippen molar-refractivity contribution < 1.29 is 27.5 Å². The Hall–Kier alpha value is -2.91. The number of methoxy groups -OCH3 is 1. The lowest BCUT2D eigenvalue weighted by molar-refractivity contribution is -0.120. The molecule has 3 rings (SSSR count). The zero-order chi connectivity index (χ0) is 26.3. The van der Waals surface area contributed by atoms with Crippen LogP contribution in [0.2, 0.25) is 0 Å². The lowest BCUT2D eigenvalue weighted by Gasteiger charge is -2.31. The van der Waals surface area contributed by atoms with Crippen LogP contribution in [0, 0.1) is 5.92 Å². The monoisotopic (exact) mass is 516 g/mol. The van der Waals surface area contributed by atoms with Crippen molar-refractivity contribution in [3.63, 3.8) is 0 Å². The molecule has 0 saturated carbocycles. The number of amides is 1. The average Bonchev–Trinajstić information content (AvgIpc) is 2.88.